The number of hydrogen-bond acceptors (Lipinski definition) is 5. The number of likely N-dealkylation sites (N-methyl/N-ethyl adjacent to an activating group) is 1. The van der Waals surface area contributed by atoms with Crippen LogP contribution >= 0.6 is 11.6 Å². The Morgan fingerprint density at radius 1 is 1.05 bits per heavy atom. The number of rotatable bonds is 3. The van der Waals surface area contributed by atoms with Crippen LogP contribution in [-0.2, 0) is 27.2 Å². The number of halogens is 1. The van der Waals surface area contributed by atoms with Crippen molar-refractivity contribution < 1.29 is 19.1 Å². The molecule has 0 spiro atoms. The zero-order valence-corrected chi connectivity index (χ0v) is 22.8. The number of ether oxygens (including phenoxy) is 1. The lowest BCUT2D eigenvalue weighted by atomic mass is 10.0. The SMILES string of the molecule is C[C@@H]1CN[C@@H](C2CC2)C(=O)N(C)CC(=O)N[C@H](Cc2ccc(Cl)cc2)C(=O)NCCCc2ccccc2O1. The number of benzene rings is 2. The Morgan fingerprint density at radius 2 is 1.79 bits per heavy atom. The van der Waals surface area contributed by atoms with Gasteiger partial charge in [-0.3, -0.25) is 14.4 Å². The summed E-state index contributed by atoms with van der Waals surface area (Å²) in [5, 5.41) is 9.81. The Kier molecular flexibility index (Phi) is 9.63. The van der Waals surface area contributed by atoms with Gasteiger partial charge in [0.1, 0.15) is 17.9 Å². The first-order valence-corrected chi connectivity index (χ1v) is 13.7. The second-order valence-electron chi connectivity index (χ2n) is 10.3. The number of nitrogens with zero attached hydrogens (tertiary/aromatic N) is 1. The fourth-order valence-corrected chi connectivity index (χ4v) is 4.84. The van der Waals surface area contributed by atoms with Crippen molar-refractivity contribution in [1.82, 2.24) is 20.9 Å². The highest BCUT2D eigenvalue weighted by Crippen LogP contribution is 2.33. The van der Waals surface area contributed by atoms with Gasteiger partial charge in [0.2, 0.25) is 17.7 Å². The van der Waals surface area contributed by atoms with E-state index in [1.165, 1.54) is 4.90 Å². The zero-order chi connectivity index (χ0) is 27.1. The molecule has 1 saturated carbocycles. The van der Waals surface area contributed by atoms with Gasteiger partial charge in [-0.15, -0.1) is 0 Å². The van der Waals surface area contributed by atoms with E-state index in [9.17, 15) is 14.4 Å². The van der Waals surface area contributed by atoms with Gasteiger partial charge in [0.05, 0.1) is 12.6 Å². The average Bonchev–Trinajstić information content (AvgIpc) is 3.73. The first-order valence-electron chi connectivity index (χ1n) is 13.3. The third-order valence-electron chi connectivity index (χ3n) is 6.97. The Hall–Kier alpha value is -3.10. The number of fused-ring (bicyclic) bond motifs is 1. The quantitative estimate of drug-likeness (QED) is 0.556. The second kappa shape index (κ2) is 13.1. The van der Waals surface area contributed by atoms with E-state index < -0.39 is 6.04 Å². The number of hydrogen-bond donors (Lipinski definition) is 3. The Labute approximate surface area is 229 Å². The normalized spacial score (nSPS) is 24.3. The van der Waals surface area contributed by atoms with E-state index in [0.29, 0.717) is 24.5 Å². The minimum Gasteiger partial charge on any atom is -0.489 e. The molecular formula is C29H37ClN4O4. The summed E-state index contributed by atoms with van der Waals surface area (Å²) in [6, 6.07) is 14.0. The second-order valence-corrected chi connectivity index (χ2v) is 10.7. The maximum absolute atomic E-state index is 13.3. The van der Waals surface area contributed by atoms with Crippen molar-refractivity contribution in [3.05, 3.63) is 64.7 Å². The largest absolute Gasteiger partial charge is 0.489 e. The molecule has 204 valence electrons. The van der Waals surface area contributed by atoms with Crippen LogP contribution < -0.4 is 20.7 Å². The summed E-state index contributed by atoms with van der Waals surface area (Å²) in [6.45, 7) is 2.82. The van der Waals surface area contributed by atoms with Crippen LogP contribution in [0.2, 0.25) is 5.02 Å². The molecule has 38 heavy (non-hydrogen) atoms. The summed E-state index contributed by atoms with van der Waals surface area (Å²) >= 11 is 6.01. The molecule has 8 nitrogen and oxygen atoms in total. The zero-order valence-electron chi connectivity index (χ0n) is 22.0. The van der Waals surface area contributed by atoms with Gasteiger partial charge < -0.3 is 25.6 Å². The smallest absolute Gasteiger partial charge is 0.242 e. The van der Waals surface area contributed by atoms with Crippen LogP contribution in [0, 0.1) is 5.92 Å². The number of carbonyl (C=O) groups excluding carboxylic acids is 3. The molecule has 0 aromatic heterocycles. The molecule has 2 aromatic rings. The van der Waals surface area contributed by atoms with Crippen LogP contribution in [0.15, 0.2) is 48.5 Å². The fraction of sp³-hybridized carbons (Fsp3) is 0.483. The van der Waals surface area contributed by atoms with E-state index in [2.05, 4.69) is 16.0 Å². The van der Waals surface area contributed by atoms with Gasteiger partial charge in [-0.2, -0.15) is 0 Å². The number of aryl methyl sites for hydroxylation is 1. The van der Waals surface area contributed by atoms with Crippen LogP contribution in [0.1, 0.15) is 37.3 Å². The summed E-state index contributed by atoms with van der Waals surface area (Å²) in [5.74, 6) is 0.292. The van der Waals surface area contributed by atoms with E-state index >= 15 is 0 Å². The Bertz CT molecular complexity index is 1120. The number of carbonyl (C=O) groups is 3. The van der Waals surface area contributed by atoms with Crippen LogP contribution in [0.5, 0.6) is 5.75 Å². The van der Waals surface area contributed by atoms with Crippen molar-refractivity contribution in [2.24, 2.45) is 5.92 Å². The molecule has 0 unspecified atom stereocenters. The van der Waals surface area contributed by atoms with E-state index in [4.69, 9.17) is 16.3 Å². The predicted molar refractivity (Wildman–Crippen MR) is 147 cm³/mol. The van der Waals surface area contributed by atoms with Gasteiger partial charge in [0.15, 0.2) is 0 Å². The Balaban J connectivity index is 1.53. The summed E-state index contributed by atoms with van der Waals surface area (Å²) < 4.78 is 6.23. The third-order valence-corrected chi connectivity index (χ3v) is 7.22. The molecular weight excluding hydrogens is 504 g/mol. The topological polar surface area (TPSA) is 99.8 Å². The highest BCUT2D eigenvalue weighted by atomic mass is 35.5. The first kappa shape index (κ1) is 27.9. The lowest BCUT2D eigenvalue weighted by molar-refractivity contribution is -0.137. The Morgan fingerprint density at radius 3 is 2.53 bits per heavy atom. The summed E-state index contributed by atoms with van der Waals surface area (Å²) in [5.41, 5.74) is 1.94. The average molecular weight is 541 g/mol. The van der Waals surface area contributed by atoms with Crippen LogP contribution in [0.3, 0.4) is 0 Å². The molecule has 2 aromatic carbocycles. The highest BCUT2D eigenvalue weighted by Gasteiger charge is 2.38. The van der Waals surface area contributed by atoms with Crippen molar-refractivity contribution in [3.63, 3.8) is 0 Å². The maximum Gasteiger partial charge on any atom is 0.242 e. The molecule has 4 rings (SSSR count). The fourth-order valence-electron chi connectivity index (χ4n) is 4.71. The number of para-hydroxylation sites is 1. The van der Waals surface area contributed by atoms with E-state index in [1.807, 2.05) is 43.3 Å². The monoisotopic (exact) mass is 540 g/mol. The molecule has 0 saturated heterocycles. The van der Waals surface area contributed by atoms with Gasteiger partial charge in [-0.1, -0.05) is 41.9 Å². The van der Waals surface area contributed by atoms with E-state index in [0.717, 1.165) is 42.6 Å². The summed E-state index contributed by atoms with van der Waals surface area (Å²) in [7, 11) is 1.63. The predicted octanol–water partition coefficient (Wildman–Crippen LogP) is 2.72. The van der Waals surface area contributed by atoms with Gasteiger partial charge in [-0.25, -0.2) is 0 Å². The molecule has 3 N–H and O–H groups in total. The van der Waals surface area contributed by atoms with Crippen molar-refractivity contribution in [1.29, 1.82) is 0 Å². The maximum atomic E-state index is 13.3. The van der Waals surface area contributed by atoms with Crippen molar-refractivity contribution >= 4 is 29.3 Å². The van der Waals surface area contributed by atoms with Crippen LogP contribution in [0.25, 0.3) is 0 Å². The summed E-state index contributed by atoms with van der Waals surface area (Å²) in [4.78, 5) is 40.8. The lowest BCUT2D eigenvalue weighted by Crippen LogP contribution is -2.53. The molecule has 0 bridgehead atoms. The molecule has 1 aliphatic carbocycles. The molecule has 3 atom stereocenters. The van der Waals surface area contributed by atoms with Crippen molar-refractivity contribution in [2.45, 2.75) is 57.2 Å². The number of amides is 3. The summed E-state index contributed by atoms with van der Waals surface area (Å²) in [6.07, 6.45) is 3.58. The first-order chi connectivity index (χ1) is 18.3. The lowest BCUT2D eigenvalue weighted by Gasteiger charge is -2.27. The van der Waals surface area contributed by atoms with Crippen molar-refractivity contribution in [2.75, 3.05) is 26.7 Å². The van der Waals surface area contributed by atoms with Gasteiger partial charge in [0.25, 0.3) is 0 Å². The standard InChI is InChI=1S/C29H37ClN4O4/c1-19-17-32-27(22-11-12-22)29(37)34(2)18-26(35)33-24(16-20-9-13-23(30)14-10-20)28(36)31-15-5-7-21-6-3-4-8-25(21)38-19/h3-4,6,8-10,13-14,19,22,24,27,32H,5,7,11-12,15-18H2,1-2H3,(H,31,36)(H,33,35)/t19-,24-,27+/m1/s1. The van der Waals surface area contributed by atoms with Crippen LogP contribution in [0.4, 0.5) is 0 Å². The minimum atomic E-state index is -0.778. The molecule has 0 radical (unpaired) electrons. The van der Waals surface area contributed by atoms with E-state index in [1.54, 1.807) is 19.2 Å². The minimum absolute atomic E-state index is 0.130. The molecule has 3 amide bonds. The third kappa shape index (κ3) is 7.95. The molecule has 9 heteroatoms. The molecule has 2 aliphatic rings. The molecule has 1 heterocycles. The molecule has 1 fully saturated rings. The molecule has 1 aliphatic heterocycles. The van der Waals surface area contributed by atoms with Crippen LogP contribution in [-0.4, -0.2) is 67.5 Å². The van der Waals surface area contributed by atoms with Crippen molar-refractivity contribution in [3.8, 4) is 5.75 Å². The van der Waals surface area contributed by atoms with Gasteiger partial charge in [-0.05, 0) is 67.9 Å². The van der Waals surface area contributed by atoms with Gasteiger partial charge >= 0.3 is 0 Å². The van der Waals surface area contributed by atoms with Gasteiger partial charge in [0, 0.05) is 31.6 Å². The highest BCUT2D eigenvalue weighted by molar-refractivity contribution is 6.30. The number of nitrogens with one attached hydrogen (secondary N) is 3. The van der Waals surface area contributed by atoms with E-state index in [-0.39, 0.29) is 42.3 Å².